The molecule has 2 atom stereocenters. The van der Waals surface area contributed by atoms with Crippen molar-refractivity contribution in [3.63, 3.8) is 0 Å². The van der Waals surface area contributed by atoms with Crippen molar-refractivity contribution in [2.75, 3.05) is 0 Å². The Morgan fingerprint density at radius 1 is 1.57 bits per heavy atom. The predicted octanol–water partition coefficient (Wildman–Crippen LogP) is 1.39. The van der Waals surface area contributed by atoms with Crippen molar-refractivity contribution >= 4 is 41.1 Å². The van der Waals surface area contributed by atoms with Gasteiger partial charge in [0, 0.05) is 10.5 Å². The molecule has 1 saturated heterocycles. The van der Waals surface area contributed by atoms with Crippen LogP contribution < -0.4 is 5.73 Å². The van der Waals surface area contributed by atoms with Gasteiger partial charge in [-0.15, -0.1) is 23.1 Å². The number of nitrogens with two attached hydrogens (primary N) is 1. The van der Waals surface area contributed by atoms with Gasteiger partial charge < -0.3 is 10.8 Å². The molecule has 3 heterocycles. The van der Waals surface area contributed by atoms with Gasteiger partial charge >= 0.3 is 5.97 Å². The van der Waals surface area contributed by atoms with Crippen LogP contribution in [0.1, 0.15) is 17.0 Å². The van der Waals surface area contributed by atoms with Crippen molar-refractivity contribution in [1.29, 1.82) is 0 Å². The first-order chi connectivity index (χ1) is 9.99. The summed E-state index contributed by atoms with van der Waals surface area (Å²) in [4.78, 5) is 29.6. The molecule has 2 aliphatic heterocycles. The Labute approximate surface area is 129 Å². The van der Waals surface area contributed by atoms with Crippen LogP contribution in [-0.4, -0.2) is 37.6 Å². The molecule has 1 aromatic rings. The summed E-state index contributed by atoms with van der Waals surface area (Å²) >= 11 is 2.88. The molecule has 21 heavy (non-hydrogen) atoms. The molecular formula is C13H13N3O3S2. The molecule has 0 spiro atoms. The maximum atomic E-state index is 11.7. The first kappa shape index (κ1) is 14.3. The number of nitrogens with zero attached hydrogens (tertiary/aromatic N) is 2. The summed E-state index contributed by atoms with van der Waals surface area (Å²) in [6.45, 7) is 1.88. The van der Waals surface area contributed by atoms with Gasteiger partial charge in [-0.1, -0.05) is 6.08 Å². The van der Waals surface area contributed by atoms with E-state index in [1.807, 2.05) is 6.92 Å². The minimum Gasteiger partial charge on any atom is -0.477 e. The van der Waals surface area contributed by atoms with Gasteiger partial charge in [0.15, 0.2) is 0 Å². The lowest BCUT2D eigenvalue weighted by Crippen LogP contribution is -2.56. The second-order valence-corrected chi connectivity index (χ2v) is 6.93. The highest BCUT2D eigenvalue weighted by Crippen LogP contribution is 2.42. The molecule has 1 aromatic heterocycles. The molecule has 110 valence electrons. The van der Waals surface area contributed by atoms with Crippen molar-refractivity contribution < 1.29 is 14.7 Å². The standard InChI is InChI=1S/C13H13N3O3S2/c1-6-8(20-5-15-6)3-2-7-11(13(18)19)16-9(17)4-10(16)21-12(7)14/h2-3,5,10,12H,4,14H2,1H3,(H,18,19)/t10-,12?/m1/s1. The lowest BCUT2D eigenvalue weighted by atomic mass is 10.1. The van der Waals surface area contributed by atoms with E-state index in [-0.39, 0.29) is 17.0 Å². The highest BCUT2D eigenvalue weighted by atomic mass is 32.2. The zero-order chi connectivity index (χ0) is 15.1. The van der Waals surface area contributed by atoms with E-state index in [4.69, 9.17) is 5.73 Å². The average molecular weight is 323 g/mol. The van der Waals surface area contributed by atoms with Gasteiger partial charge in [-0.2, -0.15) is 0 Å². The van der Waals surface area contributed by atoms with Crippen LogP contribution in [0.25, 0.3) is 6.08 Å². The number of hydrogen-bond donors (Lipinski definition) is 2. The second kappa shape index (κ2) is 5.28. The first-order valence-corrected chi connectivity index (χ1v) is 8.10. The lowest BCUT2D eigenvalue weighted by molar-refractivity contribution is -0.146. The molecule has 0 radical (unpaired) electrons. The summed E-state index contributed by atoms with van der Waals surface area (Å²) in [6, 6.07) is 0. The molecular weight excluding hydrogens is 310 g/mol. The van der Waals surface area contributed by atoms with Crippen molar-refractivity contribution in [2.24, 2.45) is 5.73 Å². The van der Waals surface area contributed by atoms with Crippen LogP contribution in [0, 0.1) is 6.92 Å². The number of hydrogen-bond acceptors (Lipinski definition) is 6. The van der Waals surface area contributed by atoms with E-state index >= 15 is 0 Å². The first-order valence-electron chi connectivity index (χ1n) is 6.27. The predicted molar refractivity (Wildman–Crippen MR) is 81.4 cm³/mol. The Kier molecular flexibility index (Phi) is 3.60. The number of carboxylic acids is 1. The molecule has 6 nitrogen and oxygen atoms in total. The van der Waals surface area contributed by atoms with E-state index in [0.29, 0.717) is 12.0 Å². The van der Waals surface area contributed by atoms with E-state index in [1.165, 1.54) is 28.0 Å². The minimum absolute atomic E-state index is 0.000850. The van der Waals surface area contributed by atoms with Crippen LogP contribution in [-0.2, 0) is 9.59 Å². The van der Waals surface area contributed by atoms with Crippen LogP contribution in [0.5, 0.6) is 0 Å². The molecule has 3 rings (SSSR count). The van der Waals surface area contributed by atoms with Crippen molar-refractivity contribution in [3.8, 4) is 0 Å². The third-order valence-electron chi connectivity index (χ3n) is 3.43. The van der Waals surface area contributed by atoms with Gasteiger partial charge in [0.1, 0.15) is 5.70 Å². The fourth-order valence-electron chi connectivity index (χ4n) is 2.32. The number of thiazole rings is 1. The SMILES string of the molecule is Cc1ncsc1C=CC1=C(C(=O)O)N2C(=O)C[C@H]2SC1N. The van der Waals surface area contributed by atoms with Crippen LogP contribution in [0.3, 0.4) is 0 Å². The molecule has 1 fully saturated rings. The summed E-state index contributed by atoms with van der Waals surface area (Å²) in [5, 5.41) is 8.82. The highest BCUT2D eigenvalue weighted by molar-refractivity contribution is 8.00. The van der Waals surface area contributed by atoms with Gasteiger partial charge in [0.05, 0.1) is 28.4 Å². The van der Waals surface area contributed by atoms with Crippen molar-refractivity contribution in [1.82, 2.24) is 9.88 Å². The molecule has 3 N–H and O–H groups in total. The van der Waals surface area contributed by atoms with Gasteiger partial charge in [-0.3, -0.25) is 9.69 Å². The number of amides is 1. The molecule has 0 aromatic carbocycles. The topological polar surface area (TPSA) is 96.5 Å². The smallest absolute Gasteiger partial charge is 0.353 e. The molecule has 0 saturated carbocycles. The zero-order valence-electron chi connectivity index (χ0n) is 11.1. The van der Waals surface area contributed by atoms with Crippen LogP contribution in [0.2, 0.25) is 0 Å². The maximum absolute atomic E-state index is 11.7. The number of rotatable bonds is 3. The van der Waals surface area contributed by atoms with Gasteiger partial charge in [0.2, 0.25) is 5.91 Å². The third-order valence-corrected chi connectivity index (χ3v) is 5.56. The molecule has 1 amide bonds. The quantitative estimate of drug-likeness (QED) is 0.816. The molecule has 0 aliphatic carbocycles. The number of carboxylic acid groups (broad SMARTS) is 1. The Morgan fingerprint density at radius 3 is 2.90 bits per heavy atom. The largest absolute Gasteiger partial charge is 0.477 e. The number of thioether (sulfide) groups is 1. The summed E-state index contributed by atoms with van der Waals surface area (Å²) in [7, 11) is 0. The Morgan fingerprint density at radius 2 is 2.33 bits per heavy atom. The molecule has 1 unspecified atom stereocenters. The summed E-state index contributed by atoms with van der Waals surface area (Å²) in [5.74, 6) is -1.29. The lowest BCUT2D eigenvalue weighted by Gasteiger charge is -2.45. The summed E-state index contributed by atoms with van der Waals surface area (Å²) in [5.41, 5.74) is 9.13. The van der Waals surface area contributed by atoms with Crippen LogP contribution in [0.4, 0.5) is 0 Å². The van der Waals surface area contributed by atoms with E-state index in [1.54, 1.807) is 17.7 Å². The number of β-lactam (4-membered cyclic amide) rings is 1. The normalized spacial score (nSPS) is 25.2. The Bertz CT molecular complexity index is 680. The number of carbonyl (C=O) groups excluding carboxylic acids is 1. The third kappa shape index (κ3) is 2.39. The number of aliphatic carboxylic acids is 1. The van der Waals surface area contributed by atoms with Gasteiger partial charge in [-0.25, -0.2) is 9.78 Å². The monoisotopic (exact) mass is 323 g/mol. The minimum atomic E-state index is -1.12. The van der Waals surface area contributed by atoms with E-state index in [2.05, 4.69) is 4.98 Å². The van der Waals surface area contributed by atoms with Gasteiger partial charge in [0.25, 0.3) is 0 Å². The molecule has 8 heteroatoms. The fraction of sp³-hybridized carbons (Fsp3) is 0.308. The van der Waals surface area contributed by atoms with Gasteiger partial charge in [-0.05, 0) is 13.0 Å². The van der Waals surface area contributed by atoms with E-state index in [0.717, 1.165) is 10.6 Å². The number of aryl methyl sites for hydroxylation is 1. The number of carbonyl (C=O) groups is 2. The second-order valence-electron chi connectivity index (χ2n) is 4.72. The number of aromatic nitrogens is 1. The fourth-order valence-corrected chi connectivity index (χ4v) is 4.27. The van der Waals surface area contributed by atoms with Crippen LogP contribution >= 0.6 is 23.1 Å². The Hall–Kier alpha value is -1.64. The molecule has 2 aliphatic rings. The van der Waals surface area contributed by atoms with E-state index in [9.17, 15) is 14.7 Å². The summed E-state index contributed by atoms with van der Waals surface area (Å²) in [6.07, 6.45) is 3.83. The average Bonchev–Trinajstić information content (AvgIpc) is 2.81. The Balaban J connectivity index is 2.01. The number of fused-ring (bicyclic) bond motifs is 1. The van der Waals surface area contributed by atoms with Crippen LogP contribution in [0.15, 0.2) is 22.9 Å². The zero-order valence-corrected chi connectivity index (χ0v) is 12.8. The maximum Gasteiger partial charge on any atom is 0.353 e. The highest BCUT2D eigenvalue weighted by Gasteiger charge is 2.47. The van der Waals surface area contributed by atoms with E-state index < -0.39 is 11.3 Å². The summed E-state index contributed by atoms with van der Waals surface area (Å²) < 4.78 is 0. The van der Waals surface area contributed by atoms with Crippen molar-refractivity contribution in [2.45, 2.75) is 24.1 Å². The molecule has 0 bridgehead atoms. The van der Waals surface area contributed by atoms with Crippen molar-refractivity contribution in [3.05, 3.63) is 33.4 Å².